The van der Waals surface area contributed by atoms with Crippen molar-refractivity contribution < 1.29 is 28.2 Å². The number of amides is 1. The van der Waals surface area contributed by atoms with E-state index < -0.39 is 6.16 Å². The molecule has 1 amide bonds. The average Bonchev–Trinajstić information content (AvgIpc) is 3.78. The highest BCUT2D eigenvalue weighted by Crippen LogP contribution is 2.32. The Labute approximate surface area is 234 Å². The van der Waals surface area contributed by atoms with Crippen LogP contribution < -0.4 is 10.1 Å². The molecule has 0 radical (unpaired) electrons. The number of halogens is 1. The molecule has 1 aliphatic carbocycles. The molecule has 1 aromatic heterocycles. The zero-order valence-electron chi connectivity index (χ0n) is 23.2. The summed E-state index contributed by atoms with van der Waals surface area (Å²) in [5.41, 5.74) is 3.47. The van der Waals surface area contributed by atoms with Gasteiger partial charge < -0.3 is 24.4 Å². The number of nitrogens with zero attached hydrogens (tertiary/aromatic N) is 2. The summed E-state index contributed by atoms with van der Waals surface area (Å²) in [6.07, 6.45) is 3.84. The van der Waals surface area contributed by atoms with Crippen molar-refractivity contribution in [3.8, 4) is 17.0 Å². The fraction of sp³-hybridized carbons (Fsp3) is 0.387. The Morgan fingerprint density at radius 3 is 2.67 bits per heavy atom. The third kappa shape index (κ3) is 8.51. The Morgan fingerprint density at radius 2 is 1.93 bits per heavy atom. The molecule has 1 N–H and O–H groups in total. The zero-order valence-corrected chi connectivity index (χ0v) is 23.2. The number of nitrogens with one attached hydrogen (secondary N) is 1. The van der Waals surface area contributed by atoms with Crippen molar-refractivity contribution in [2.45, 2.75) is 39.3 Å². The first-order valence-electron chi connectivity index (χ1n) is 13.5. The van der Waals surface area contributed by atoms with E-state index in [1.54, 1.807) is 43.5 Å². The van der Waals surface area contributed by atoms with Gasteiger partial charge in [0.05, 0.1) is 24.5 Å². The number of carbonyl (C=O) groups is 2. The molecule has 0 atom stereocenters. The topological polar surface area (TPSA) is 90.0 Å². The Morgan fingerprint density at radius 1 is 1.10 bits per heavy atom. The van der Waals surface area contributed by atoms with Crippen molar-refractivity contribution in [2.24, 2.45) is 5.92 Å². The van der Waals surface area contributed by atoms with Crippen molar-refractivity contribution in [3.05, 3.63) is 82.8 Å². The van der Waals surface area contributed by atoms with Gasteiger partial charge in [0, 0.05) is 30.4 Å². The number of carbonyl (C=O) groups excluding carboxylic acids is 2. The Hall–Kier alpha value is -3.98. The summed E-state index contributed by atoms with van der Waals surface area (Å²) in [5.74, 6) is 0.319. The van der Waals surface area contributed by atoms with Crippen LogP contribution in [0.15, 0.2) is 54.7 Å². The maximum atomic E-state index is 14.0. The standard InChI is InChI=1S/C31H36FN3O5/c1-21-7-8-23(16-27(21)32)18-34-30(36)26-17-24(11-12-28(26)39-19-22-9-10-22)29-25(6-4-13-33-29)20-40-31(37)38-15-5-14-35(2)3/h4,6-8,11-13,16-17,22H,5,9-10,14-15,18-20H2,1-3H3,(H,34,36). The second-order valence-corrected chi connectivity index (χ2v) is 10.3. The van der Waals surface area contributed by atoms with E-state index in [4.69, 9.17) is 14.2 Å². The molecule has 212 valence electrons. The molecule has 1 heterocycles. The lowest BCUT2D eigenvalue weighted by Crippen LogP contribution is -2.24. The molecule has 0 unspecified atom stereocenters. The molecule has 9 heteroatoms. The smallest absolute Gasteiger partial charge is 0.492 e. The van der Waals surface area contributed by atoms with Gasteiger partial charge in [-0.25, -0.2) is 9.18 Å². The van der Waals surface area contributed by atoms with Crippen molar-refractivity contribution in [1.29, 1.82) is 0 Å². The molecule has 4 rings (SSSR count). The zero-order chi connectivity index (χ0) is 28.5. The van der Waals surface area contributed by atoms with E-state index in [0.717, 1.165) is 19.4 Å². The van der Waals surface area contributed by atoms with E-state index in [0.29, 0.717) is 58.2 Å². The fourth-order valence-corrected chi connectivity index (χ4v) is 4.03. The molecular weight excluding hydrogens is 513 g/mol. The quantitative estimate of drug-likeness (QED) is 0.222. The number of aromatic nitrogens is 1. The second kappa shape index (κ2) is 13.9. The SMILES string of the molecule is Cc1ccc(CNC(=O)c2cc(-c3ncccc3COC(=O)OCCCN(C)C)ccc2OCC2CC2)cc1F. The predicted molar refractivity (Wildman–Crippen MR) is 150 cm³/mol. The predicted octanol–water partition coefficient (Wildman–Crippen LogP) is 5.52. The highest BCUT2D eigenvalue weighted by Gasteiger charge is 2.24. The molecule has 1 saturated carbocycles. The monoisotopic (exact) mass is 549 g/mol. The summed E-state index contributed by atoms with van der Waals surface area (Å²) in [6, 6.07) is 13.8. The fourth-order valence-electron chi connectivity index (χ4n) is 4.03. The summed E-state index contributed by atoms with van der Waals surface area (Å²) in [7, 11) is 3.91. The first kappa shape index (κ1) is 29.0. The third-order valence-corrected chi connectivity index (χ3v) is 6.56. The summed E-state index contributed by atoms with van der Waals surface area (Å²) in [4.78, 5) is 31.9. The van der Waals surface area contributed by atoms with Gasteiger partial charge in [-0.05, 0) is 87.7 Å². The lowest BCUT2D eigenvalue weighted by atomic mass is 10.0. The van der Waals surface area contributed by atoms with Gasteiger partial charge >= 0.3 is 6.16 Å². The van der Waals surface area contributed by atoms with Crippen LogP contribution in [0.5, 0.6) is 5.75 Å². The minimum absolute atomic E-state index is 0.0316. The molecule has 0 aliphatic heterocycles. The Balaban J connectivity index is 1.48. The lowest BCUT2D eigenvalue weighted by molar-refractivity contribution is 0.0481. The van der Waals surface area contributed by atoms with Crippen LogP contribution in [-0.2, 0) is 22.6 Å². The van der Waals surface area contributed by atoms with Crippen LogP contribution in [0, 0.1) is 18.7 Å². The Bertz CT molecular complexity index is 1330. The molecule has 40 heavy (non-hydrogen) atoms. The highest BCUT2D eigenvalue weighted by atomic mass is 19.1. The van der Waals surface area contributed by atoms with Gasteiger partial charge in [0.15, 0.2) is 0 Å². The summed E-state index contributed by atoms with van der Waals surface area (Å²) >= 11 is 0. The van der Waals surface area contributed by atoms with Gasteiger partial charge in [-0.2, -0.15) is 0 Å². The van der Waals surface area contributed by atoms with E-state index in [1.165, 1.54) is 6.07 Å². The molecule has 8 nitrogen and oxygen atoms in total. The van der Waals surface area contributed by atoms with E-state index >= 15 is 0 Å². The maximum Gasteiger partial charge on any atom is 0.508 e. The van der Waals surface area contributed by atoms with Crippen LogP contribution in [0.2, 0.25) is 0 Å². The van der Waals surface area contributed by atoms with Crippen molar-refractivity contribution >= 4 is 12.1 Å². The number of hydrogen-bond donors (Lipinski definition) is 1. The number of pyridine rings is 1. The summed E-state index contributed by atoms with van der Waals surface area (Å²) in [6.45, 7) is 3.45. The van der Waals surface area contributed by atoms with E-state index in [1.807, 2.05) is 31.1 Å². The molecule has 1 aliphatic rings. The van der Waals surface area contributed by atoms with Crippen LogP contribution in [0.3, 0.4) is 0 Å². The largest absolute Gasteiger partial charge is 0.508 e. The van der Waals surface area contributed by atoms with Gasteiger partial charge in [0.1, 0.15) is 18.2 Å². The first-order valence-corrected chi connectivity index (χ1v) is 13.5. The minimum Gasteiger partial charge on any atom is -0.492 e. The van der Waals surface area contributed by atoms with Gasteiger partial charge in [-0.15, -0.1) is 0 Å². The van der Waals surface area contributed by atoms with Crippen molar-refractivity contribution in [3.63, 3.8) is 0 Å². The summed E-state index contributed by atoms with van der Waals surface area (Å²) in [5, 5.41) is 2.88. The minimum atomic E-state index is -0.745. The highest BCUT2D eigenvalue weighted by molar-refractivity contribution is 5.98. The van der Waals surface area contributed by atoms with Gasteiger partial charge in [0.2, 0.25) is 0 Å². The van der Waals surface area contributed by atoms with Crippen molar-refractivity contribution in [2.75, 3.05) is 33.9 Å². The molecular formula is C31H36FN3O5. The van der Waals surface area contributed by atoms with Gasteiger partial charge in [-0.1, -0.05) is 18.2 Å². The van der Waals surface area contributed by atoms with Crippen molar-refractivity contribution in [1.82, 2.24) is 15.2 Å². The first-order chi connectivity index (χ1) is 19.3. The molecule has 0 bridgehead atoms. The van der Waals surface area contributed by atoms with E-state index in [2.05, 4.69) is 10.3 Å². The second-order valence-electron chi connectivity index (χ2n) is 10.3. The lowest BCUT2D eigenvalue weighted by Gasteiger charge is -2.15. The third-order valence-electron chi connectivity index (χ3n) is 6.56. The Kier molecular flexibility index (Phi) is 10.1. The normalized spacial score (nSPS) is 12.7. The van der Waals surface area contributed by atoms with Crippen LogP contribution >= 0.6 is 0 Å². The number of hydrogen-bond acceptors (Lipinski definition) is 7. The number of benzene rings is 2. The van der Waals surface area contributed by atoms with Gasteiger partial charge in [0.25, 0.3) is 5.91 Å². The van der Waals surface area contributed by atoms with E-state index in [9.17, 15) is 14.0 Å². The molecule has 3 aromatic rings. The maximum absolute atomic E-state index is 14.0. The van der Waals surface area contributed by atoms with Crippen LogP contribution in [0.4, 0.5) is 9.18 Å². The molecule has 0 spiro atoms. The van der Waals surface area contributed by atoms with Crippen LogP contribution in [-0.4, -0.2) is 55.8 Å². The van der Waals surface area contributed by atoms with Crippen LogP contribution in [0.1, 0.15) is 46.3 Å². The molecule has 1 fully saturated rings. The average molecular weight is 550 g/mol. The molecule has 0 saturated heterocycles. The number of rotatable bonds is 13. The summed E-state index contributed by atoms with van der Waals surface area (Å²) < 4.78 is 30.5. The van der Waals surface area contributed by atoms with Crippen LogP contribution in [0.25, 0.3) is 11.3 Å². The van der Waals surface area contributed by atoms with Gasteiger partial charge in [-0.3, -0.25) is 9.78 Å². The number of ether oxygens (including phenoxy) is 3. The van der Waals surface area contributed by atoms with E-state index in [-0.39, 0.29) is 31.5 Å². The molecule has 2 aromatic carbocycles. The number of aryl methyl sites for hydroxylation is 1.